The van der Waals surface area contributed by atoms with E-state index in [1.165, 1.54) is 31.3 Å². The third-order valence-electron chi connectivity index (χ3n) is 2.96. The van der Waals surface area contributed by atoms with Crippen LogP contribution in [0.4, 0.5) is 5.69 Å². The second-order valence-corrected chi connectivity index (χ2v) is 6.32. The molecule has 114 valence electrons. The second kappa shape index (κ2) is 6.50. The van der Waals surface area contributed by atoms with Crippen molar-refractivity contribution in [2.45, 2.75) is 4.90 Å². The van der Waals surface area contributed by atoms with Gasteiger partial charge in [-0.3, -0.25) is 9.59 Å². The molecule has 0 fully saturated rings. The average Bonchev–Trinajstić information content (AvgIpc) is 2.55. The normalized spacial score (nSPS) is 11.0. The van der Waals surface area contributed by atoms with Gasteiger partial charge in [0.15, 0.2) is 0 Å². The first-order valence-electron chi connectivity index (χ1n) is 6.36. The van der Waals surface area contributed by atoms with Crippen molar-refractivity contribution >= 4 is 27.9 Å². The molecular formula is C15H14N2O4S. The minimum absolute atomic E-state index is 0.0504. The van der Waals surface area contributed by atoms with Crippen LogP contribution in [0.2, 0.25) is 0 Å². The van der Waals surface area contributed by atoms with E-state index in [9.17, 15) is 18.0 Å². The number of hydrogen-bond acceptors (Lipinski definition) is 4. The van der Waals surface area contributed by atoms with Crippen molar-refractivity contribution in [3.8, 4) is 0 Å². The van der Waals surface area contributed by atoms with Crippen LogP contribution < -0.4 is 10.0 Å². The van der Waals surface area contributed by atoms with Crippen LogP contribution >= 0.6 is 0 Å². The van der Waals surface area contributed by atoms with E-state index in [1.807, 2.05) is 0 Å². The predicted molar refractivity (Wildman–Crippen MR) is 82.5 cm³/mol. The van der Waals surface area contributed by atoms with E-state index in [1.54, 1.807) is 24.3 Å². The van der Waals surface area contributed by atoms with Crippen LogP contribution in [0.1, 0.15) is 20.7 Å². The van der Waals surface area contributed by atoms with Gasteiger partial charge in [0.05, 0.1) is 4.90 Å². The Bertz CT molecular complexity index is 816. The number of benzene rings is 2. The van der Waals surface area contributed by atoms with Gasteiger partial charge in [-0.15, -0.1) is 0 Å². The fourth-order valence-electron chi connectivity index (χ4n) is 1.82. The largest absolute Gasteiger partial charge is 0.322 e. The van der Waals surface area contributed by atoms with Crippen LogP contribution in [-0.2, 0) is 10.0 Å². The Hall–Kier alpha value is -2.51. The van der Waals surface area contributed by atoms with Gasteiger partial charge in [-0.25, -0.2) is 13.1 Å². The van der Waals surface area contributed by atoms with Crippen molar-refractivity contribution < 1.29 is 18.0 Å². The topological polar surface area (TPSA) is 92.3 Å². The smallest absolute Gasteiger partial charge is 0.255 e. The van der Waals surface area contributed by atoms with Crippen LogP contribution in [0.25, 0.3) is 0 Å². The predicted octanol–water partition coefficient (Wildman–Crippen LogP) is 1.66. The molecule has 0 saturated carbocycles. The molecule has 7 heteroatoms. The monoisotopic (exact) mass is 318 g/mol. The lowest BCUT2D eigenvalue weighted by atomic mass is 10.1. The molecule has 0 saturated heterocycles. The van der Waals surface area contributed by atoms with Crippen LogP contribution in [-0.4, -0.2) is 27.7 Å². The summed E-state index contributed by atoms with van der Waals surface area (Å²) in [6.45, 7) is 0. The van der Waals surface area contributed by atoms with Crippen molar-refractivity contribution in [3.63, 3.8) is 0 Å². The van der Waals surface area contributed by atoms with Crippen molar-refractivity contribution in [2.75, 3.05) is 12.4 Å². The third-order valence-corrected chi connectivity index (χ3v) is 4.37. The molecule has 1 amide bonds. The van der Waals surface area contributed by atoms with E-state index in [-0.39, 0.29) is 4.90 Å². The molecule has 2 rings (SSSR count). The maximum absolute atomic E-state index is 12.1. The Morgan fingerprint density at radius 1 is 1.09 bits per heavy atom. The highest BCUT2D eigenvalue weighted by Crippen LogP contribution is 2.16. The molecule has 0 aliphatic carbocycles. The number of amides is 1. The zero-order valence-corrected chi connectivity index (χ0v) is 12.6. The minimum atomic E-state index is -3.58. The summed E-state index contributed by atoms with van der Waals surface area (Å²) in [5.74, 6) is -0.428. The van der Waals surface area contributed by atoms with E-state index in [2.05, 4.69) is 10.0 Å². The second-order valence-electron chi connectivity index (χ2n) is 4.43. The molecule has 6 nitrogen and oxygen atoms in total. The van der Waals surface area contributed by atoms with E-state index < -0.39 is 15.9 Å². The number of rotatable bonds is 5. The fraction of sp³-hybridized carbons (Fsp3) is 0.0667. The standard InChI is InChI=1S/C15H14N2O4S/c1-16-22(20,21)14-7-3-6-13(9-14)17-15(19)12-5-2-4-11(8-12)10-18/h2-10,16H,1H3,(H,17,19). The van der Waals surface area contributed by atoms with E-state index in [0.29, 0.717) is 23.1 Å². The van der Waals surface area contributed by atoms with Crippen molar-refractivity contribution in [1.29, 1.82) is 0 Å². The van der Waals surface area contributed by atoms with E-state index in [0.717, 1.165) is 0 Å². The van der Waals surface area contributed by atoms with Gasteiger partial charge in [0.1, 0.15) is 6.29 Å². The zero-order valence-electron chi connectivity index (χ0n) is 11.7. The highest BCUT2D eigenvalue weighted by molar-refractivity contribution is 7.89. The number of aldehydes is 1. The van der Waals surface area contributed by atoms with Crippen LogP contribution in [0.15, 0.2) is 53.4 Å². The lowest BCUT2D eigenvalue weighted by Crippen LogP contribution is -2.19. The Balaban J connectivity index is 2.25. The van der Waals surface area contributed by atoms with Crippen molar-refractivity contribution in [2.24, 2.45) is 0 Å². The molecule has 0 atom stereocenters. The molecule has 0 spiro atoms. The molecule has 2 aromatic rings. The van der Waals surface area contributed by atoms with Crippen LogP contribution in [0.3, 0.4) is 0 Å². The Kier molecular flexibility index (Phi) is 4.69. The van der Waals surface area contributed by atoms with Crippen molar-refractivity contribution in [3.05, 3.63) is 59.7 Å². The number of nitrogens with one attached hydrogen (secondary N) is 2. The number of carbonyl (C=O) groups is 2. The average molecular weight is 318 g/mol. The van der Waals surface area contributed by atoms with Gasteiger partial charge in [0.25, 0.3) is 5.91 Å². The van der Waals surface area contributed by atoms with E-state index >= 15 is 0 Å². The zero-order chi connectivity index (χ0) is 16.2. The molecule has 0 aliphatic rings. The summed E-state index contributed by atoms with van der Waals surface area (Å²) >= 11 is 0. The fourth-order valence-corrected chi connectivity index (χ4v) is 2.59. The molecule has 0 bridgehead atoms. The Morgan fingerprint density at radius 3 is 2.50 bits per heavy atom. The van der Waals surface area contributed by atoms with Gasteiger partial charge in [-0.1, -0.05) is 18.2 Å². The molecule has 0 unspecified atom stereocenters. The van der Waals surface area contributed by atoms with Gasteiger partial charge < -0.3 is 5.32 Å². The van der Waals surface area contributed by atoms with E-state index in [4.69, 9.17) is 0 Å². The lowest BCUT2D eigenvalue weighted by Gasteiger charge is -2.08. The highest BCUT2D eigenvalue weighted by Gasteiger charge is 2.13. The summed E-state index contributed by atoms with van der Waals surface area (Å²) in [6.07, 6.45) is 0.650. The molecule has 0 radical (unpaired) electrons. The Morgan fingerprint density at radius 2 is 1.82 bits per heavy atom. The Labute approximate surface area is 128 Å². The van der Waals surface area contributed by atoms with Crippen LogP contribution in [0, 0.1) is 0 Å². The number of sulfonamides is 1. The molecule has 22 heavy (non-hydrogen) atoms. The number of anilines is 1. The summed E-state index contributed by atoms with van der Waals surface area (Å²) in [5.41, 5.74) is 1.04. The summed E-state index contributed by atoms with van der Waals surface area (Å²) in [5, 5.41) is 2.60. The number of carbonyl (C=O) groups excluding carboxylic acids is 2. The maximum Gasteiger partial charge on any atom is 0.255 e. The van der Waals surface area contributed by atoms with Gasteiger partial charge in [0, 0.05) is 16.8 Å². The molecule has 0 aliphatic heterocycles. The molecule has 2 aromatic carbocycles. The minimum Gasteiger partial charge on any atom is -0.322 e. The summed E-state index contributed by atoms with van der Waals surface area (Å²) in [6, 6.07) is 12.1. The molecule has 0 heterocycles. The molecular weight excluding hydrogens is 304 g/mol. The van der Waals surface area contributed by atoms with Crippen LogP contribution in [0.5, 0.6) is 0 Å². The maximum atomic E-state index is 12.1. The summed E-state index contributed by atoms with van der Waals surface area (Å²) in [7, 11) is -2.27. The first kappa shape index (κ1) is 15.9. The quantitative estimate of drug-likeness (QED) is 0.820. The van der Waals surface area contributed by atoms with Crippen molar-refractivity contribution in [1.82, 2.24) is 4.72 Å². The molecule has 2 N–H and O–H groups in total. The highest BCUT2D eigenvalue weighted by atomic mass is 32.2. The van der Waals surface area contributed by atoms with Gasteiger partial charge >= 0.3 is 0 Å². The molecule has 0 aromatic heterocycles. The van der Waals surface area contributed by atoms with Gasteiger partial charge in [-0.2, -0.15) is 0 Å². The summed E-state index contributed by atoms with van der Waals surface area (Å²) in [4.78, 5) is 22.9. The first-order valence-corrected chi connectivity index (χ1v) is 7.85. The first-order chi connectivity index (χ1) is 10.5. The SMILES string of the molecule is CNS(=O)(=O)c1cccc(NC(=O)c2cccc(C=O)c2)c1. The van der Waals surface area contributed by atoms with Gasteiger partial charge in [-0.05, 0) is 37.4 Å². The number of hydrogen-bond donors (Lipinski definition) is 2. The summed E-state index contributed by atoms with van der Waals surface area (Å²) < 4.78 is 25.7. The lowest BCUT2D eigenvalue weighted by molar-refractivity contribution is 0.102. The van der Waals surface area contributed by atoms with Gasteiger partial charge in [0.2, 0.25) is 10.0 Å². The third kappa shape index (κ3) is 3.57.